The summed E-state index contributed by atoms with van der Waals surface area (Å²) >= 11 is 5.72. The topological polar surface area (TPSA) is 86.5 Å². The molecule has 0 radical (unpaired) electrons. The lowest BCUT2D eigenvalue weighted by molar-refractivity contribution is 1.03. The Morgan fingerprint density at radius 3 is 2.89 bits per heavy atom. The van der Waals surface area contributed by atoms with Crippen LogP contribution >= 0.6 is 11.6 Å². The summed E-state index contributed by atoms with van der Waals surface area (Å²) < 4.78 is 0. The summed E-state index contributed by atoms with van der Waals surface area (Å²) in [4.78, 5) is 12.1. The van der Waals surface area contributed by atoms with E-state index in [1.807, 2.05) is 0 Å². The summed E-state index contributed by atoms with van der Waals surface area (Å²) in [7, 11) is 0. The third-order valence-electron chi connectivity index (χ3n) is 2.26. The van der Waals surface area contributed by atoms with Crippen molar-refractivity contribution < 1.29 is 0 Å². The number of nitrogens with one attached hydrogen (secondary N) is 2. The van der Waals surface area contributed by atoms with Crippen molar-refractivity contribution in [2.24, 2.45) is 0 Å². The fraction of sp³-hybridized carbons (Fsp3) is 0.167. The van der Waals surface area contributed by atoms with Crippen molar-refractivity contribution in [3.8, 4) is 6.07 Å². The summed E-state index contributed by atoms with van der Waals surface area (Å²) in [5.74, 6) is 1.18. The molecule has 0 aliphatic rings. The van der Waals surface area contributed by atoms with Crippen LogP contribution in [-0.2, 0) is 0 Å². The first-order chi connectivity index (χ1) is 9.29. The first kappa shape index (κ1) is 13.1. The van der Waals surface area contributed by atoms with Crippen LogP contribution in [0.15, 0.2) is 30.7 Å². The van der Waals surface area contributed by atoms with E-state index in [0.29, 0.717) is 35.4 Å². The van der Waals surface area contributed by atoms with Crippen LogP contribution in [0, 0.1) is 11.3 Å². The van der Waals surface area contributed by atoms with Crippen molar-refractivity contribution in [3.63, 3.8) is 0 Å². The molecule has 0 spiro atoms. The third-order valence-corrected chi connectivity index (χ3v) is 2.44. The van der Waals surface area contributed by atoms with E-state index in [-0.39, 0.29) is 0 Å². The van der Waals surface area contributed by atoms with Gasteiger partial charge >= 0.3 is 0 Å². The molecule has 6 nitrogen and oxygen atoms in total. The number of rotatable bonds is 5. The van der Waals surface area contributed by atoms with Crippen molar-refractivity contribution >= 4 is 23.2 Å². The molecule has 2 rings (SSSR count). The maximum Gasteiger partial charge on any atom is 0.149 e. The number of hydrogen-bond acceptors (Lipinski definition) is 6. The zero-order chi connectivity index (χ0) is 13.5. The molecule has 0 fully saturated rings. The maximum atomic E-state index is 8.90. The van der Waals surface area contributed by atoms with Crippen molar-refractivity contribution in [3.05, 3.63) is 41.4 Å². The van der Waals surface area contributed by atoms with Crippen molar-refractivity contribution in [1.29, 1.82) is 5.26 Å². The lowest BCUT2D eigenvalue weighted by Crippen LogP contribution is -2.15. The van der Waals surface area contributed by atoms with E-state index in [4.69, 9.17) is 16.9 Å². The zero-order valence-corrected chi connectivity index (χ0v) is 10.7. The quantitative estimate of drug-likeness (QED) is 0.810. The standard InChI is InChI=1S/C12H11ClN6/c13-10-7-15-8-11(19-10)16-4-5-18-12-9(6-14)2-1-3-17-12/h1-3,7-8H,4-5H2,(H,16,19)(H,17,18). The summed E-state index contributed by atoms with van der Waals surface area (Å²) in [5, 5.41) is 15.4. The molecule has 2 N–H and O–H groups in total. The molecule has 7 heteroatoms. The van der Waals surface area contributed by atoms with Gasteiger partial charge < -0.3 is 10.6 Å². The van der Waals surface area contributed by atoms with E-state index in [9.17, 15) is 0 Å². The van der Waals surface area contributed by atoms with Crippen LogP contribution in [0.2, 0.25) is 5.15 Å². The van der Waals surface area contributed by atoms with Gasteiger partial charge in [-0.05, 0) is 12.1 Å². The fourth-order valence-electron chi connectivity index (χ4n) is 1.44. The molecule has 2 heterocycles. The first-order valence-electron chi connectivity index (χ1n) is 5.60. The molecule has 2 aromatic heterocycles. The Kier molecular flexibility index (Phi) is 4.48. The van der Waals surface area contributed by atoms with Gasteiger partial charge in [0.2, 0.25) is 0 Å². The van der Waals surface area contributed by atoms with Gasteiger partial charge in [-0.25, -0.2) is 9.97 Å². The number of anilines is 2. The molecule has 96 valence electrons. The van der Waals surface area contributed by atoms with Crippen LogP contribution in [0.3, 0.4) is 0 Å². The highest BCUT2D eigenvalue weighted by Crippen LogP contribution is 2.09. The van der Waals surface area contributed by atoms with E-state index in [0.717, 1.165) is 0 Å². The monoisotopic (exact) mass is 274 g/mol. The minimum atomic E-state index is 0.342. The van der Waals surface area contributed by atoms with E-state index in [1.165, 1.54) is 6.20 Å². The van der Waals surface area contributed by atoms with E-state index < -0.39 is 0 Å². The maximum absolute atomic E-state index is 8.90. The minimum Gasteiger partial charge on any atom is -0.367 e. The number of pyridine rings is 1. The van der Waals surface area contributed by atoms with Crippen LogP contribution in [-0.4, -0.2) is 28.0 Å². The highest BCUT2D eigenvalue weighted by molar-refractivity contribution is 6.29. The van der Waals surface area contributed by atoms with E-state index in [1.54, 1.807) is 24.5 Å². The number of hydrogen-bond donors (Lipinski definition) is 2. The molecule has 19 heavy (non-hydrogen) atoms. The number of nitriles is 1. The number of nitrogens with zero attached hydrogens (tertiary/aromatic N) is 4. The Hall–Kier alpha value is -2.39. The van der Waals surface area contributed by atoms with Gasteiger partial charge in [0.15, 0.2) is 0 Å². The van der Waals surface area contributed by atoms with Crippen LogP contribution in [0.4, 0.5) is 11.6 Å². The molecule has 0 aliphatic carbocycles. The van der Waals surface area contributed by atoms with Crippen LogP contribution in [0.5, 0.6) is 0 Å². The largest absolute Gasteiger partial charge is 0.367 e. The Labute approximate surface area is 115 Å². The molecule has 0 bridgehead atoms. The highest BCUT2D eigenvalue weighted by Gasteiger charge is 2.01. The van der Waals surface area contributed by atoms with Gasteiger partial charge in [0.05, 0.1) is 18.0 Å². The van der Waals surface area contributed by atoms with Gasteiger partial charge in [-0.3, -0.25) is 4.98 Å². The zero-order valence-electron chi connectivity index (χ0n) is 9.97. The molecule has 0 unspecified atom stereocenters. The number of halogens is 1. The second kappa shape index (κ2) is 6.52. The molecule has 0 saturated carbocycles. The second-order valence-corrected chi connectivity index (χ2v) is 3.98. The predicted molar refractivity (Wildman–Crippen MR) is 73.0 cm³/mol. The number of aromatic nitrogens is 3. The Morgan fingerprint density at radius 2 is 2.11 bits per heavy atom. The third kappa shape index (κ3) is 3.79. The first-order valence-corrected chi connectivity index (χ1v) is 5.98. The van der Waals surface area contributed by atoms with Crippen LogP contribution in [0.25, 0.3) is 0 Å². The molecule has 0 aliphatic heterocycles. The highest BCUT2D eigenvalue weighted by atomic mass is 35.5. The summed E-state index contributed by atoms with van der Waals surface area (Å²) in [6, 6.07) is 5.52. The second-order valence-electron chi connectivity index (χ2n) is 3.59. The van der Waals surface area contributed by atoms with Crippen molar-refractivity contribution in [2.75, 3.05) is 23.7 Å². The molecule has 0 amide bonds. The van der Waals surface area contributed by atoms with Gasteiger partial charge in [-0.1, -0.05) is 11.6 Å². The van der Waals surface area contributed by atoms with Gasteiger partial charge in [0.25, 0.3) is 0 Å². The van der Waals surface area contributed by atoms with E-state index >= 15 is 0 Å². The molecule has 0 aromatic carbocycles. The molecular formula is C12H11ClN6. The summed E-state index contributed by atoms with van der Waals surface area (Å²) in [6.45, 7) is 1.20. The molecular weight excluding hydrogens is 264 g/mol. The molecule has 0 atom stereocenters. The predicted octanol–water partition coefficient (Wildman–Crippen LogP) is 1.92. The Bertz CT molecular complexity index is 595. The van der Waals surface area contributed by atoms with Crippen LogP contribution in [0.1, 0.15) is 5.56 Å². The Balaban J connectivity index is 1.83. The SMILES string of the molecule is N#Cc1cccnc1NCCNc1cncc(Cl)n1. The molecule has 2 aromatic rings. The van der Waals surface area contributed by atoms with Gasteiger partial charge in [-0.2, -0.15) is 5.26 Å². The average Bonchev–Trinajstić information content (AvgIpc) is 2.44. The summed E-state index contributed by atoms with van der Waals surface area (Å²) in [5.41, 5.74) is 0.519. The van der Waals surface area contributed by atoms with Gasteiger partial charge in [-0.15, -0.1) is 0 Å². The molecule has 0 saturated heterocycles. The van der Waals surface area contributed by atoms with Crippen LogP contribution < -0.4 is 10.6 Å². The smallest absolute Gasteiger partial charge is 0.149 e. The van der Waals surface area contributed by atoms with Crippen molar-refractivity contribution in [2.45, 2.75) is 0 Å². The normalized spacial score (nSPS) is 9.68. The van der Waals surface area contributed by atoms with E-state index in [2.05, 4.69) is 31.7 Å². The minimum absolute atomic E-state index is 0.342. The lowest BCUT2D eigenvalue weighted by atomic mass is 10.3. The fourth-order valence-corrected chi connectivity index (χ4v) is 1.58. The summed E-state index contributed by atoms with van der Waals surface area (Å²) in [6.07, 6.45) is 4.70. The van der Waals surface area contributed by atoms with Gasteiger partial charge in [0.1, 0.15) is 22.9 Å². The van der Waals surface area contributed by atoms with Gasteiger partial charge in [0, 0.05) is 19.3 Å². The lowest BCUT2D eigenvalue weighted by Gasteiger charge is -2.08. The Morgan fingerprint density at radius 1 is 1.26 bits per heavy atom. The average molecular weight is 275 g/mol. The van der Waals surface area contributed by atoms with Crippen molar-refractivity contribution in [1.82, 2.24) is 15.0 Å².